The van der Waals surface area contributed by atoms with Gasteiger partial charge in [0.15, 0.2) is 0 Å². The predicted octanol–water partition coefficient (Wildman–Crippen LogP) is 12.9. The molecule has 0 saturated carbocycles. The Morgan fingerprint density at radius 1 is 0.459 bits per heavy atom. The molecule has 0 bridgehead atoms. The summed E-state index contributed by atoms with van der Waals surface area (Å²) < 4.78 is 76.5. The number of hydrogen-bond acceptors (Lipinski definition) is 11. The molecule has 454 valence electrons. The Labute approximate surface area is 484 Å². The molecule has 0 atom stereocenters. The Hall–Kier alpha value is -4.25. The van der Waals surface area contributed by atoms with Gasteiger partial charge in [-0.25, -0.2) is 21.6 Å². The van der Waals surface area contributed by atoms with E-state index in [9.17, 15) is 44.4 Å². The van der Waals surface area contributed by atoms with Crippen LogP contribution in [0.2, 0.25) is 0 Å². The number of nitrogens with one attached hydrogen (secondary N) is 5. The molecule has 0 aromatic heterocycles. The number of anilines is 4. The van der Waals surface area contributed by atoms with Crippen molar-refractivity contribution in [3.05, 3.63) is 103 Å². The fourth-order valence-corrected chi connectivity index (χ4v) is 5.56. The number of rotatable bonds is 8. The maximum absolute atomic E-state index is 11.3. The molecule has 0 heterocycles. The second kappa shape index (κ2) is 59.6. The van der Waals surface area contributed by atoms with Crippen LogP contribution < -0.4 is 43.2 Å². The third-order valence-electron chi connectivity index (χ3n) is 5.78. The number of hydrogen-bond donors (Lipinski definition) is 7. The quantitative estimate of drug-likeness (QED) is 0.0374. The van der Waals surface area contributed by atoms with Crippen LogP contribution in [0.4, 0.5) is 22.7 Å². The smallest absolute Gasteiger partial charge is 0 e. The van der Waals surface area contributed by atoms with Crippen LogP contribution in [0.3, 0.4) is 0 Å². The van der Waals surface area contributed by atoms with Gasteiger partial charge in [-0.3, -0.25) is 28.5 Å². The molecular weight excluding hydrogens is 1260 g/mol. The van der Waals surface area contributed by atoms with E-state index in [1.54, 1.807) is 0 Å². The molecule has 0 saturated heterocycles. The Bertz CT molecular complexity index is 2250. The van der Waals surface area contributed by atoms with Crippen molar-refractivity contribution in [3.63, 3.8) is 0 Å². The van der Waals surface area contributed by atoms with E-state index in [4.69, 9.17) is 25.1 Å². The minimum Gasteiger partial charge on any atom is 0 e. The number of halogens is 3. The van der Waals surface area contributed by atoms with Crippen LogP contribution in [0, 0.1) is 0 Å². The molecule has 18 nitrogen and oxygen atoms in total. The first-order valence-corrected chi connectivity index (χ1v) is 30.0. The molecular formula is C50H111ClI2N5O13S3-. The maximum Gasteiger partial charge on any atom is 0 e. The number of carboxylic acids is 1. The van der Waals surface area contributed by atoms with Gasteiger partial charge in [-0.05, 0) is 92.0 Å². The Morgan fingerprint density at radius 2 is 0.662 bits per heavy atom. The second-order valence-electron chi connectivity index (χ2n) is 10.9. The largest absolute Gasteiger partial charge is 0 e. The van der Waals surface area contributed by atoms with Gasteiger partial charge < -0.3 is 26.4 Å². The Morgan fingerprint density at radius 3 is 0.851 bits per heavy atom. The number of carbonyl (C=O) groups is 5. The average Bonchev–Trinajstić information content (AvgIpc) is 3.12. The van der Waals surface area contributed by atoms with Crippen molar-refractivity contribution in [1.29, 1.82) is 0 Å². The molecule has 4 amide bonds. The molecule has 0 aliphatic carbocycles. The third kappa shape index (κ3) is 60.3. The van der Waals surface area contributed by atoms with Gasteiger partial charge in [0.25, 0.3) is 25.1 Å². The number of carboxylic acid groups (broad SMARTS) is 1. The molecule has 74 heavy (non-hydrogen) atoms. The zero-order chi connectivity index (χ0) is 46.7. The molecule has 0 fully saturated rings. The van der Waals surface area contributed by atoms with Crippen molar-refractivity contribution in [1.82, 2.24) is 4.72 Å². The summed E-state index contributed by atoms with van der Waals surface area (Å²) in [7, 11) is -4.81. The summed E-state index contributed by atoms with van der Waals surface area (Å²) in [4.78, 5) is 53.7. The SMILES string of the molecule is C.C.C.C.C.C.C.C.C.C.C.C.C.C.CC(=O)Nc1ccc(S(=O)(=O)Cl)cc1.CC(=O)Nc1ccc(S(=O)(=O)O)cc1.CC(=O)Nc1ccccc1.CC(=O)O.CNS(=O)(=O)c1ccc(NC(C)=O)cc1.C[I-]I.[3HH].[3HH].[3HH].[3HH].[3HH]. The minimum absolute atomic E-state index is 0. The van der Waals surface area contributed by atoms with Crippen molar-refractivity contribution in [2.24, 2.45) is 0 Å². The first kappa shape index (κ1) is 114. The van der Waals surface area contributed by atoms with Gasteiger partial charge in [-0.15, -0.1) is 0 Å². The van der Waals surface area contributed by atoms with Crippen LogP contribution in [-0.2, 0) is 53.2 Å². The van der Waals surface area contributed by atoms with Crippen LogP contribution >= 0.6 is 29.3 Å². The van der Waals surface area contributed by atoms with E-state index >= 15 is 0 Å². The summed E-state index contributed by atoms with van der Waals surface area (Å²) in [6.07, 6.45) is 0. The van der Waals surface area contributed by atoms with Gasteiger partial charge in [0, 0.05) is 75.2 Å². The first-order chi connectivity index (χ1) is 27.7. The van der Waals surface area contributed by atoms with Crippen LogP contribution in [0.15, 0.2) is 118 Å². The Kier molecular flexibility index (Phi) is 91.9. The zero-order valence-electron chi connectivity index (χ0n) is 33.1. The summed E-state index contributed by atoms with van der Waals surface area (Å²) in [5.41, 5.74) is 2.42. The molecule has 4 rings (SSSR count). The van der Waals surface area contributed by atoms with E-state index in [0.717, 1.165) is 12.6 Å². The summed E-state index contributed by atoms with van der Waals surface area (Å²) in [5.74, 6) is -1.53. The van der Waals surface area contributed by atoms with Gasteiger partial charge in [-0.1, -0.05) is 122 Å². The number of benzene rings is 4. The average molecular weight is 1390 g/mol. The van der Waals surface area contributed by atoms with Crippen molar-refractivity contribution < 1.29 is 83.2 Å². The van der Waals surface area contributed by atoms with Crippen LogP contribution in [-0.4, -0.2) is 76.5 Å². The second-order valence-corrected chi connectivity index (χ2v) is 23.1. The van der Waals surface area contributed by atoms with Gasteiger partial charge in [0.1, 0.15) is 0 Å². The van der Waals surface area contributed by atoms with Crippen molar-refractivity contribution in [2.45, 2.75) is 153 Å². The minimum atomic E-state index is -4.16. The summed E-state index contributed by atoms with van der Waals surface area (Å²) in [6.45, 7) is 6.67. The molecule has 24 heteroatoms. The van der Waals surface area contributed by atoms with Crippen LogP contribution in [0.5, 0.6) is 0 Å². The van der Waals surface area contributed by atoms with E-state index < -0.39 is 35.2 Å². The summed E-state index contributed by atoms with van der Waals surface area (Å²) in [5, 5.41) is 17.6. The number of para-hydroxylation sites is 1. The molecule has 0 unspecified atom stereocenters. The number of aliphatic carboxylic acids is 1. The van der Waals surface area contributed by atoms with E-state index in [0.29, 0.717) is 34.3 Å². The Balaban J connectivity index is -0.0000000268. The number of sulfonamides is 1. The zero-order valence-corrected chi connectivity index (χ0v) is 40.6. The van der Waals surface area contributed by atoms with E-state index in [1.807, 2.05) is 30.3 Å². The standard InChI is InChI=1S/C9H12N2O3S.C8H8ClNO3S.C8H9NO4S.C8H9NO.C2H4O2.CH3I2.14CH4.5H2/c1-7(12)11-8-3-5-9(6-4-8)15(13,14)10-2;1-6(11)10-7-2-4-8(5-3-7)14(9,12)13;1-6(10)9-7-2-4-8(5-3-7)14(11,12)13;1-7(10)9-8-5-3-2-4-6-8;1-2(3)4;1-3-2;;;;;;;;;;;;;;;;;;;/h3-6,10H,1-2H3,(H,11,12);2-5H,1H3,(H,10,11);2-5H,1H3,(H,9,10)(H,11,12,13);2-6H,1H3,(H,9,10);1H3,(H,3,4);1H3;14*1H4;5*1H/q;;;;;-1;;;;;;;;;;;;;;;;;;;/i;;;;;;;;;;;;;;;;;;;;5*1+2. The number of carbonyl (C=O) groups excluding carboxylic acids is 4. The fourth-order valence-electron chi connectivity index (χ4n) is 3.58. The molecule has 4 aromatic rings. The van der Waals surface area contributed by atoms with E-state index in [2.05, 4.69) is 49.5 Å². The topological polar surface area (TPSA) is 288 Å². The van der Waals surface area contributed by atoms with Gasteiger partial charge in [0.05, 0.1) is 14.7 Å². The number of alkyl halides is 1. The summed E-state index contributed by atoms with van der Waals surface area (Å²) in [6, 6.07) is 26.1. The molecule has 4 aromatic carbocycles. The number of amides is 4. The molecule has 0 aliphatic rings. The van der Waals surface area contributed by atoms with Crippen molar-refractivity contribution >= 4 is 111 Å². The fraction of sp³-hybridized carbons (Fsp3) is 0.420. The van der Waals surface area contributed by atoms with Crippen molar-refractivity contribution in [2.75, 3.05) is 33.2 Å². The molecule has 0 radical (unpaired) electrons. The monoisotopic (exact) mass is 1380 g/mol. The van der Waals surface area contributed by atoms with Crippen LogP contribution in [0.25, 0.3) is 0 Å². The maximum atomic E-state index is 11.3. The van der Waals surface area contributed by atoms with Gasteiger partial charge >= 0.3 is 40.8 Å². The predicted molar refractivity (Wildman–Crippen MR) is 340 cm³/mol. The van der Waals surface area contributed by atoms with Gasteiger partial charge in [0.2, 0.25) is 33.7 Å². The molecule has 0 spiro atoms. The third-order valence-corrected chi connectivity index (χ3v) is 9.44. The first-order valence-electron chi connectivity index (χ1n) is 16.3. The van der Waals surface area contributed by atoms with Gasteiger partial charge in [-0.2, -0.15) is 8.42 Å². The van der Waals surface area contributed by atoms with E-state index in [1.165, 1.54) is 108 Å². The van der Waals surface area contributed by atoms with E-state index in [-0.39, 0.29) is 149 Å². The van der Waals surface area contributed by atoms with Crippen molar-refractivity contribution in [3.8, 4) is 0 Å². The normalized spacial score (nSPS) is 8.24. The summed E-state index contributed by atoms with van der Waals surface area (Å²) >= 11 is 2.96. The molecule has 0 aliphatic heterocycles. The van der Waals surface area contributed by atoms with Crippen LogP contribution in [0.1, 0.15) is 146 Å². The molecule has 7 N–H and O–H groups in total.